The first-order chi connectivity index (χ1) is 9.61. The first-order valence-electron chi connectivity index (χ1n) is 6.43. The van der Waals surface area contributed by atoms with Crippen molar-refractivity contribution in [1.29, 1.82) is 0 Å². The van der Waals surface area contributed by atoms with Crippen molar-refractivity contribution >= 4 is 21.6 Å². The van der Waals surface area contributed by atoms with E-state index in [9.17, 15) is 13.5 Å². The van der Waals surface area contributed by atoms with E-state index in [0.29, 0.717) is 16.2 Å². The maximum atomic E-state index is 12.4. The van der Waals surface area contributed by atoms with Crippen LogP contribution in [0.1, 0.15) is 13.3 Å². The Labute approximate surface area is 122 Å². The van der Waals surface area contributed by atoms with Gasteiger partial charge in [0, 0.05) is 6.42 Å². The molecule has 0 aliphatic carbocycles. The van der Waals surface area contributed by atoms with E-state index in [-0.39, 0.29) is 18.8 Å². The molecule has 1 N–H and O–H groups in total. The van der Waals surface area contributed by atoms with E-state index < -0.39 is 32.5 Å². The normalized spacial score (nSPS) is 39.9. The number of rotatable bonds is 3. The van der Waals surface area contributed by atoms with Crippen LogP contribution in [0, 0.1) is 0 Å². The molecule has 0 aromatic heterocycles. The molecule has 110 valence electrons. The standard InChI is InChI=1S/C13H16O5S2/c1-8-6-9(10(7-14)17-8)18-13-19(15)11-4-2-3-5-12(11)20(13)16/h2-5,8-10,13-14H,6-7H2,1H3/t8-,9+,10+,13?,19?,20?/m0/s1. The molecule has 3 rings (SSSR count). The van der Waals surface area contributed by atoms with Crippen LogP contribution in [0.25, 0.3) is 0 Å². The van der Waals surface area contributed by atoms with Crippen LogP contribution in [0.5, 0.6) is 0 Å². The lowest BCUT2D eigenvalue weighted by Gasteiger charge is -2.19. The van der Waals surface area contributed by atoms with Crippen molar-refractivity contribution in [2.45, 2.75) is 46.2 Å². The summed E-state index contributed by atoms with van der Waals surface area (Å²) in [6, 6.07) is 6.97. The van der Waals surface area contributed by atoms with Crippen LogP contribution >= 0.6 is 0 Å². The first kappa shape index (κ1) is 14.3. The molecule has 5 nitrogen and oxygen atoms in total. The van der Waals surface area contributed by atoms with Crippen molar-refractivity contribution in [3.8, 4) is 0 Å². The van der Waals surface area contributed by atoms with Gasteiger partial charge in [0.1, 0.15) is 6.10 Å². The molecule has 5 atom stereocenters. The maximum Gasteiger partial charge on any atom is 0.216 e. The monoisotopic (exact) mass is 316 g/mol. The molecular weight excluding hydrogens is 300 g/mol. The van der Waals surface area contributed by atoms with Crippen molar-refractivity contribution < 1.29 is 23.0 Å². The van der Waals surface area contributed by atoms with Gasteiger partial charge in [-0.05, 0) is 19.1 Å². The van der Waals surface area contributed by atoms with E-state index in [4.69, 9.17) is 9.47 Å². The van der Waals surface area contributed by atoms with Crippen molar-refractivity contribution in [2.24, 2.45) is 0 Å². The number of aliphatic hydroxyl groups is 1. The SMILES string of the molecule is C[C@H]1C[C@@H](OC2S(=O)c3ccccc3S2=O)[C@@H](CO)O1. The summed E-state index contributed by atoms with van der Waals surface area (Å²) in [7, 11) is -2.90. The highest BCUT2D eigenvalue weighted by Crippen LogP contribution is 2.35. The van der Waals surface area contributed by atoms with Crippen LogP contribution in [0.2, 0.25) is 0 Å². The minimum atomic E-state index is -1.45. The van der Waals surface area contributed by atoms with Crippen molar-refractivity contribution in [2.75, 3.05) is 6.61 Å². The summed E-state index contributed by atoms with van der Waals surface area (Å²) in [4.78, 5) is 1.15. The largest absolute Gasteiger partial charge is 0.394 e. The molecule has 7 heteroatoms. The fourth-order valence-corrected chi connectivity index (χ4v) is 6.15. The lowest BCUT2D eigenvalue weighted by molar-refractivity contribution is -0.0390. The molecule has 1 aromatic rings. The third kappa shape index (κ3) is 2.37. The second-order valence-corrected chi connectivity index (χ2v) is 8.13. The summed E-state index contributed by atoms with van der Waals surface area (Å²) in [6.45, 7) is 1.73. The van der Waals surface area contributed by atoms with Crippen LogP contribution in [0.3, 0.4) is 0 Å². The molecule has 20 heavy (non-hydrogen) atoms. The lowest BCUT2D eigenvalue weighted by atomic mass is 10.1. The van der Waals surface area contributed by atoms with Gasteiger partial charge in [-0.25, -0.2) is 0 Å². The molecular formula is C13H16O5S2. The van der Waals surface area contributed by atoms with Gasteiger partial charge in [-0.3, -0.25) is 8.42 Å². The molecule has 0 amide bonds. The van der Waals surface area contributed by atoms with E-state index in [0.717, 1.165) is 0 Å². The molecule has 2 unspecified atom stereocenters. The molecule has 0 saturated carbocycles. The van der Waals surface area contributed by atoms with E-state index in [1.807, 2.05) is 6.92 Å². The van der Waals surface area contributed by atoms with Crippen molar-refractivity contribution in [3.63, 3.8) is 0 Å². The minimum Gasteiger partial charge on any atom is -0.394 e. The Hall–Kier alpha value is -0.600. The van der Waals surface area contributed by atoms with E-state index in [2.05, 4.69) is 0 Å². The fourth-order valence-electron chi connectivity index (χ4n) is 2.54. The Bertz CT molecular complexity index is 526. The summed E-state index contributed by atoms with van der Waals surface area (Å²) < 4.78 is 35.1. The molecule has 1 saturated heterocycles. The van der Waals surface area contributed by atoms with E-state index in [1.165, 1.54) is 0 Å². The molecule has 0 radical (unpaired) electrons. The quantitative estimate of drug-likeness (QED) is 0.891. The third-order valence-corrected chi connectivity index (χ3v) is 7.16. The second-order valence-electron chi connectivity index (χ2n) is 4.91. The smallest absolute Gasteiger partial charge is 0.216 e. The van der Waals surface area contributed by atoms with Gasteiger partial charge in [-0.2, -0.15) is 0 Å². The molecule has 1 fully saturated rings. The molecule has 2 heterocycles. The van der Waals surface area contributed by atoms with Gasteiger partial charge in [0.2, 0.25) is 4.77 Å². The highest BCUT2D eigenvalue weighted by Gasteiger charge is 2.42. The topological polar surface area (TPSA) is 72.8 Å². The van der Waals surface area contributed by atoms with E-state index in [1.54, 1.807) is 24.3 Å². The number of benzene rings is 1. The van der Waals surface area contributed by atoms with Gasteiger partial charge in [0.05, 0.1) is 50.2 Å². The summed E-state index contributed by atoms with van der Waals surface area (Å²) in [6.07, 6.45) is -0.236. The summed E-state index contributed by atoms with van der Waals surface area (Å²) in [5.41, 5.74) is 0. The van der Waals surface area contributed by atoms with Gasteiger partial charge < -0.3 is 14.6 Å². The number of hydrogen-bond acceptors (Lipinski definition) is 5. The van der Waals surface area contributed by atoms with Crippen LogP contribution in [0.4, 0.5) is 0 Å². The Morgan fingerprint density at radius 3 is 2.45 bits per heavy atom. The van der Waals surface area contributed by atoms with Gasteiger partial charge in [0.25, 0.3) is 0 Å². The molecule has 0 bridgehead atoms. The van der Waals surface area contributed by atoms with Gasteiger partial charge in [0.15, 0.2) is 0 Å². The summed E-state index contributed by atoms with van der Waals surface area (Å²) >= 11 is 0. The number of ether oxygens (including phenoxy) is 2. The van der Waals surface area contributed by atoms with Gasteiger partial charge in [-0.1, -0.05) is 12.1 Å². The van der Waals surface area contributed by atoms with Crippen molar-refractivity contribution in [3.05, 3.63) is 24.3 Å². The van der Waals surface area contributed by atoms with Crippen molar-refractivity contribution in [1.82, 2.24) is 0 Å². The van der Waals surface area contributed by atoms with Gasteiger partial charge >= 0.3 is 0 Å². The lowest BCUT2D eigenvalue weighted by Crippen LogP contribution is -2.33. The Kier molecular flexibility index (Phi) is 4.05. The number of hydrogen-bond donors (Lipinski definition) is 1. The van der Waals surface area contributed by atoms with Crippen LogP contribution < -0.4 is 0 Å². The van der Waals surface area contributed by atoms with Crippen LogP contribution in [-0.4, -0.2) is 43.2 Å². The van der Waals surface area contributed by atoms with Crippen LogP contribution in [-0.2, 0) is 31.1 Å². The average Bonchev–Trinajstić information content (AvgIpc) is 2.93. The second kappa shape index (κ2) is 5.65. The molecule has 2 aliphatic rings. The summed E-state index contributed by atoms with van der Waals surface area (Å²) in [5, 5.41) is 9.28. The first-order valence-corrected chi connectivity index (χ1v) is 8.86. The number of aliphatic hydroxyl groups excluding tert-OH is 1. The van der Waals surface area contributed by atoms with Gasteiger partial charge in [-0.15, -0.1) is 0 Å². The predicted octanol–water partition coefficient (Wildman–Crippen LogP) is 0.754. The Morgan fingerprint density at radius 1 is 1.30 bits per heavy atom. The van der Waals surface area contributed by atoms with Crippen LogP contribution in [0.15, 0.2) is 34.1 Å². The Morgan fingerprint density at radius 2 is 1.90 bits per heavy atom. The predicted molar refractivity (Wildman–Crippen MR) is 74.0 cm³/mol. The summed E-state index contributed by atoms with van der Waals surface area (Å²) in [5.74, 6) is 0. The number of fused-ring (bicyclic) bond motifs is 1. The highest BCUT2D eigenvalue weighted by molar-refractivity contribution is 8.05. The molecule has 2 aliphatic heterocycles. The highest BCUT2D eigenvalue weighted by atomic mass is 32.2. The molecule has 1 aromatic carbocycles. The zero-order valence-electron chi connectivity index (χ0n) is 10.9. The maximum absolute atomic E-state index is 12.4. The Balaban J connectivity index is 1.80. The molecule has 0 spiro atoms. The zero-order chi connectivity index (χ0) is 14.3. The zero-order valence-corrected chi connectivity index (χ0v) is 12.6. The third-order valence-electron chi connectivity index (χ3n) is 3.48. The minimum absolute atomic E-state index is 0.0252. The fraction of sp³-hybridized carbons (Fsp3) is 0.538. The van der Waals surface area contributed by atoms with E-state index >= 15 is 0 Å². The average molecular weight is 316 g/mol.